The molecule has 0 aliphatic heterocycles. The van der Waals surface area contributed by atoms with Gasteiger partial charge in [-0.05, 0) is 19.8 Å². The number of esters is 1. The van der Waals surface area contributed by atoms with E-state index in [1.54, 1.807) is 23.9 Å². The smallest absolute Gasteiger partial charge is 0.341 e. The lowest BCUT2D eigenvalue weighted by molar-refractivity contribution is 0.0526. The van der Waals surface area contributed by atoms with Crippen LogP contribution >= 0.6 is 0 Å². The molecule has 0 amide bonds. The molecule has 0 aromatic carbocycles. The van der Waals surface area contributed by atoms with Crippen molar-refractivity contribution in [1.29, 1.82) is 0 Å². The fraction of sp³-hybridized carbons (Fsp3) is 0.385. The van der Waals surface area contributed by atoms with Crippen LogP contribution in [-0.2, 0) is 4.74 Å². The van der Waals surface area contributed by atoms with Gasteiger partial charge in [0.2, 0.25) is 5.82 Å². The van der Waals surface area contributed by atoms with Crippen molar-refractivity contribution >= 4 is 5.97 Å². The van der Waals surface area contributed by atoms with Gasteiger partial charge in [-0.25, -0.2) is 14.5 Å². The first kappa shape index (κ1) is 12.6. The van der Waals surface area contributed by atoms with Gasteiger partial charge in [-0.3, -0.25) is 4.79 Å². The van der Waals surface area contributed by atoms with Gasteiger partial charge in [0.25, 0.3) is 5.56 Å². The number of hydrogen-bond acceptors (Lipinski definition) is 5. The lowest BCUT2D eigenvalue weighted by atomic mass is 10.4. The summed E-state index contributed by atoms with van der Waals surface area (Å²) in [5.41, 5.74) is 0.100. The van der Waals surface area contributed by atoms with Crippen molar-refractivity contribution in [2.24, 2.45) is 0 Å². The molecule has 1 saturated carbocycles. The quantitative estimate of drug-likeness (QED) is 0.775. The monoisotopic (exact) mass is 274 g/mol. The SMILES string of the molecule is CCOC(=O)c1cnn(-c2nccn(C3CC3)c2=O)c1. The molecule has 0 radical (unpaired) electrons. The van der Waals surface area contributed by atoms with E-state index in [4.69, 9.17) is 4.74 Å². The Balaban J connectivity index is 1.95. The molecule has 1 aliphatic carbocycles. The van der Waals surface area contributed by atoms with Crippen molar-refractivity contribution in [3.05, 3.63) is 40.7 Å². The normalized spacial score (nSPS) is 14.2. The lowest BCUT2D eigenvalue weighted by Gasteiger charge is -2.05. The van der Waals surface area contributed by atoms with Crippen molar-refractivity contribution in [3.63, 3.8) is 0 Å². The molecule has 0 bridgehead atoms. The third-order valence-electron chi connectivity index (χ3n) is 3.10. The van der Waals surface area contributed by atoms with E-state index in [-0.39, 0.29) is 17.4 Å². The molecular formula is C13H14N4O3. The van der Waals surface area contributed by atoms with Gasteiger partial charge in [0.05, 0.1) is 18.4 Å². The van der Waals surface area contributed by atoms with Crippen LogP contribution in [0.3, 0.4) is 0 Å². The highest BCUT2D eigenvalue weighted by molar-refractivity contribution is 5.88. The number of ether oxygens (including phenoxy) is 1. The summed E-state index contributed by atoms with van der Waals surface area (Å²) in [5, 5.41) is 4.01. The Morgan fingerprint density at radius 1 is 1.50 bits per heavy atom. The van der Waals surface area contributed by atoms with Crippen LogP contribution in [0, 0.1) is 0 Å². The highest BCUT2D eigenvalue weighted by Gasteiger charge is 2.25. The second-order valence-corrected chi connectivity index (χ2v) is 4.59. The number of carbonyl (C=O) groups excluding carboxylic acids is 1. The van der Waals surface area contributed by atoms with Crippen LogP contribution in [0.1, 0.15) is 36.2 Å². The van der Waals surface area contributed by atoms with Crippen molar-refractivity contribution in [2.75, 3.05) is 6.61 Å². The molecule has 3 rings (SSSR count). The van der Waals surface area contributed by atoms with E-state index >= 15 is 0 Å². The maximum Gasteiger partial charge on any atom is 0.341 e. The van der Waals surface area contributed by atoms with E-state index in [1.807, 2.05) is 0 Å². The summed E-state index contributed by atoms with van der Waals surface area (Å²) in [4.78, 5) is 27.9. The Hall–Kier alpha value is -2.44. The molecule has 1 fully saturated rings. The highest BCUT2D eigenvalue weighted by atomic mass is 16.5. The molecule has 0 saturated heterocycles. The molecule has 2 heterocycles. The number of hydrogen-bond donors (Lipinski definition) is 0. The molecule has 2 aromatic heterocycles. The van der Waals surface area contributed by atoms with Crippen molar-refractivity contribution in [2.45, 2.75) is 25.8 Å². The number of nitrogens with zero attached hydrogens (tertiary/aromatic N) is 4. The average Bonchev–Trinajstić information content (AvgIpc) is 3.16. The summed E-state index contributed by atoms with van der Waals surface area (Å²) >= 11 is 0. The number of aromatic nitrogens is 4. The second kappa shape index (κ2) is 4.92. The molecule has 0 spiro atoms. The topological polar surface area (TPSA) is 79.0 Å². The minimum Gasteiger partial charge on any atom is -0.462 e. The number of carbonyl (C=O) groups is 1. The van der Waals surface area contributed by atoms with E-state index in [9.17, 15) is 9.59 Å². The first-order valence-electron chi connectivity index (χ1n) is 6.50. The Labute approximate surface area is 114 Å². The van der Waals surface area contributed by atoms with E-state index in [1.165, 1.54) is 17.1 Å². The third kappa shape index (κ3) is 2.22. The summed E-state index contributed by atoms with van der Waals surface area (Å²) in [6, 6.07) is 0.268. The van der Waals surface area contributed by atoms with Crippen LogP contribution in [0.5, 0.6) is 0 Å². The Morgan fingerprint density at radius 2 is 2.30 bits per heavy atom. The van der Waals surface area contributed by atoms with Crippen LogP contribution in [0.15, 0.2) is 29.6 Å². The van der Waals surface area contributed by atoms with Crippen molar-refractivity contribution < 1.29 is 9.53 Å². The van der Waals surface area contributed by atoms with E-state index in [2.05, 4.69) is 10.1 Å². The molecule has 104 valence electrons. The van der Waals surface area contributed by atoms with Crippen LogP contribution < -0.4 is 5.56 Å². The molecule has 0 N–H and O–H groups in total. The summed E-state index contributed by atoms with van der Waals surface area (Å²) in [5.74, 6) is -0.271. The van der Waals surface area contributed by atoms with Crippen LogP contribution in [0.4, 0.5) is 0 Å². The Kier molecular flexibility index (Phi) is 3.09. The van der Waals surface area contributed by atoms with Gasteiger partial charge >= 0.3 is 5.97 Å². The Bertz CT molecular complexity index is 700. The van der Waals surface area contributed by atoms with Crippen LogP contribution in [-0.4, -0.2) is 31.9 Å². The predicted molar refractivity (Wildman–Crippen MR) is 69.8 cm³/mol. The zero-order valence-electron chi connectivity index (χ0n) is 11.0. The van der Waals surface area contributed by atoms with Gasteiger partial charge in [0.15, 0.2) is 0 Å². The van der Waals surface area contributed by atoms with Crippen LogP contribution in [0.2, 0.25) is 0 Å². The summed E-state index contributed by atoms with van der Waals surface area (Å²) < 4.78 is 7.86. The summed E-state index contributed by atoms with van der Waals surface area (Å²) in [7, 11) is 0. The maximum absolute atomic E-state index is 12.3. The van der Waals surface area contributed by atoms with Crippen molar-refractivity contribution in [1.82, 2.24) is 19.3 Å². The summed E-state index contributed by atoms with van der Waals surface area (Å²) in [6.45, 7) is 2.03. The molecule has 7 nitrogen and oxygen atoms in total. The van der Waals surface area contributed by atoms with Gasteiger partial charge in [-0.15, -0.1) is 0 Å². The van der Waals surface area contributed by atoms with E-state index in [0.717, 1.165) is 12.8 Å². The van der Waals surface area contributed by atoms with Gasteiger partial charge in [-0.2, -0.15) is 5.10 Å². The standard InChI is InChI=1S/C13H14N4O3/c1-2-20-13(19)9-7-15-17(8-9)11-12(18)16(6-5-14-11)10-3-4-10/h5-8,10H,2-4H2,1H3. The fourth-order valence-electron chi connectivity index (χ4n) is 1.97. The Morgan fingerprint density at radius 3 is 3.00 bits per heavy atom. The lowest BCUT2D eigenvalue weighted by Crippen LogP contribution is -2.24. The third-order valence-corrected chi connectivity index (χ3v) is 3.10. The van der Waals surface area contributed by atoms with Crippen molar-refractivity contribution in [3.8, 4) is 5.82 Å². The molecule has 1 aliphatic rings. The average molecular weight is 274 g/mol. The van der Waals surface area contributed by atoms with E-state index < -0.39 is 5.97 Å². The summed E-state index contributed by atoms with van der Waals surface area (Å²) in [6.07, 6.45) is 8.10. The fourth-order valence-corrected chi connectivity index (χ4v) is 1.97. The van der Waals surface area contributed by atoms with E-state index in [0.29, 0.717) is 12.2 Å². The molecule has 2 aromatic rings. The largest absolute Gasteiger partial charge is 0.462 e. The van der Waals surface area contributed by atoms with Crippen LogP contribution in [0.25, 0.3) is 5.82 Å². The first-order chi connectivity index (χ1) is 9.70. The zero-order valence-corrected chi connectivity index (χ0v) is 11.0. The predicted octanol–water partition coefficient (Wildman–Crippen LogP) is 0.941. The minimum absolute atomic E-state index is 0.190. The first-order valence-corrected chi connectivity index (χ1v) is 6.50. The maximum atomic E-state index is 12.3. The highest BCUT2D eigenvalue weighted by Crippen LogP contribution is 2.33. The molecular weight excluding hydrogens is 260 g/mol. The van der Waals surface area contributed by atoms with Gasteiger partial charge in [-0.1, -0.05) is 0 Å². The second-order valence-electron chi connectivity index (χ2n) is 4.59. The molecule has 0 unspecified atom stereocenters. The molecule has 0 atom stereocenters. The number of rotatable bonds is 4. The molecule has 20 heavy (non-hydrogen) atoms. The zero-order chi connectivity index (χ0) is 14.1. The molecule has 7 heteroatoms. The van der Waals surface area contributed by atoms with Gasteiger partial charge in [0, 0.05) is 24.6 Å². The van der Waals surface area contributed by atoms with Gasteiger partial charge < -0.3 is 9.30 Å². The van der Waals surface area contributed by atoms with Gasteiger partial charge in [0.1, 0.15) is 0 Å². The minimum atomic E-state index is -0.461.